The molecule has 0 spiro atoms. The number of pyridine rings is 1. The second kappa shape index (κ2) is 7.39. The number of hydrogen-bond donors (Lipinski definition) is 0. The minimum Gasteiger partial charge on any atom is -0.313 e. The number of rotatable bonds is 3. The number of aromatic nitrogens is 5. The molecule has 4 heterocycles. The quantitative estimate of drug-likeness (QED) is 0.314. The highest BCUT2D eigenvalue weighted by atomic mass is 15.1. The van der Waals surface area contributed by atoms with Crippen molar-refractivity contribution in [2.75, 3.05) is 0 Å². The van der Waals surface area contributed by atoms with E-state index in [0.29, 0.717) is 5.82 Å². The third-order valence-electron chi connectivity index (χ3n) is 6.33. The van der Waals surface area contributed by atoms with Gasteiger partial charge in [-0.3, -0.25) is 4.57 Å². The normalized spacial score (nSPS) is 11.5. The van der Waals surface area contributed by atoms with E-state index in [9.17, 15) is 0 Å². The summed E-state index contributed by atoms with van der Waals surface area (Å²) in [7, 11) is 0. The molecule has 0 saturated heterocycles. The average Bonchev–Trinajstić information content (AvgIpc) is 3.46. The van der Waals surface area contributed by atoms with Gasteiger partial charge in [-0.05, 0) is 36.4 Å². The van der Waals surface area contributed by atoms with Gasteiger partial charge in [-0.1, -0.05) is 54.6 Å². The molecule has 0 aliphatic rings. The molecule has 160 valence electrons. The summed E-state index contributed by atoms with van der Waals surface area (Å²) in [5.41, 5.74) is 5.31. The van der Waals surface area contributed by atoms with Crippen molar-refractivity contribution in [1.29, 1.82) is 0 Å². The lowest BCUT2D eigenvalue weighted by molar-refractivity contribution is 1.05. The average molecular weight is 438 g/mol. The summed E-state index contributed by atoms with van der Waals surface area (Å²) < 4.78 is 4.47. The van der Waals surface area contributed by atoms with Gasteiger partial charge in [0.15, 0.2) is 11.6 Å². The summed E-state index contributed by atoms with van der Waals surface area (Å²) in [5.74, 6) is 1.57. The van der Waals surface area contributed by atoms with Crippen molar-refractivity contribution < 1.29 is 0 Å². The van der Waals surface area contributed by atoms with Crippen molar-refractivity contribution in [2.45, 2.75) is 0 Å². The van der Waals surface area contributed by atoms with Crippen molar-refractivity contribution in [1.82, 2.24) is 24.1 Å². The highest BCUT2D eigenvalue weighted by molar-refractivity contribution is 6.10. The molecule has 0 radical (unpaired) electrons. The van der Waals surface area contributed by atoms with Crippen LogP contribution in [-0.4, -0.2) is 24.1 Å². The predicted octanol–water partition coefficient (Wildman–Crippen LogP) is 6.58. The Kier molecular flexibility index (Phi) is 4.08. The van der Waals surface area contributed by atoms with Crippen LogP contribution < -0.4 is 0 Å². The second-order valence-electron chi connectivity index (χ2n) is 8.22. The zero-order chi connectivity index (χ0) is 22.5. The van der Waals surface area contributed by atoms with Gasteiger partial charge < -0.3 is 4.57 Å². The van der Waals surface area contributed by atoms with Crippen molar-refractivity contribution in [3.05, 3.63) is 116 Å². The fourth-order valence-electron chi connectivity index (χ4n) is 4.88. The van der Waals surface area contributed by atoms with Gasteiger partial charge in [0.2, 0.25) is 0 Å². The zero-order valence-electron chi connectivity index (χ0n) is 18.2. The van der Waals surface area contributed by atoms with Crippen molar-refractivity contribution in [2.24, 2.45) is 0 Å². The van der Waals surface area contributed by atoms with Gasteiger partial charge in [-0.15, -0.1) is 0 Å². The number of benzene rings is 3. The molecule has 0 N–H and O–H groups in total. The van der Waals surface area contributed by atoms with Crippen LogP contribution in [0.15, 0.2) is 116 Å². The Morgan fingerprint density at radius 1 is 0.529 bits per heavy atom. The smallest absolute Gasteiger partial charge is 0.162 e. The Hall–Kier alpha value is -4.77. The van der Waals surface area contributed by atoms with E-state index in [1.165, 1.54) is 10.8 Å². The topological polar surface area (TPSA) is 48.5 Å². The van der Waals surface area contributed by atoms with E-state index in [1.807, 2.05) is 18.3 Å². The predicted molar refractivity (Wildman–Crippen MR) is 136 cm³/mol. The lowest BCUT2D eigenvalue weighted by atomic mass is 10.2. The molecular weight excluding hydrogens is 418 g/mol. The molecule has 5 nitrogen and oxygen atoms in total. The van der Waals surface area contributed by atoms with Gasteiger partial charge >= 0.3 is 0 Å². The molecule has 0 fully saturated rings. The highest BCUT2D eigenvalue weighted by Crippen LogP contribution is 2.37. The Balaban J connectivity index is 1.65. The first kappa shape index (κ1) is 18.8. The van der Waals surface area contributed by atoms with Gasteiger partial charge in [0.05, 0.1) is 16.6 Å². The van der Waals surface area contributed by atoms with E-state index in [-0.39, 0.29) is 0 Å². The molecule has 7 rings (SSSR count). The number of para-hydroxylation sites is 3. The number of fused-ring (bicyclic) bond motifs is 4. The summed E-state index contributed by atoms with van der Waals surface area (Å²) in [6.07, 6.45) is 7.56. The first-order valence-electron chi connectivity index (χ1n) is 11.2. The third kappa shape index (κ3) is 2.70. The van der Waals surface area contributed by atoms with Crippen LogP contribution in [0.1, 0.15) is 0 Å². The minimum atomic E-state index is 0.696. The molecule has 0 aliphatic carbocycles. The van der Waals surface area contributed by atoms with E-state index in [1.54, 1.807) is 12.4 Å². The molecule has 0 bridgehead atoms. The van der Waals surface area contributed by atoms with Gasteiger partial charge in [0.1, 0.15) is 0 Å². The minimum absolute atomic E-state index is 0.696. The highest BCUT2D eigenvalue weighted by Gasteiger charge is 2.21. The molecule has 0 unspecified atom stereocenters. The SMILES string of the molecule is c1ccc(-n2cc(-c3ncccn3)c3ccnc(-n4c5ccccc5c5ccccc54)c32)cc1. The van der Waals surface area contributed by atoms with E-state index in [4.69, 9.17) is 4.98 Å². The monoisotopic (exact) mass is 437 g/mol. The van der Waals surface area contributed by atoms with Crippen molar-refractivity contribution in [3.63, 3.8) is 0 Å². The molecule has 0 saturated carbocycles. The zero-order valence-corrected chi connectivity index (χ0v) is 18.2. The summed E-state index contributed by atoms with van der Waals surface area (Å²) in [4.78, 5) is 14.0. The third-order valence-corrected chi connectivity index (χ3v) is 6.33. The Labute approximate surface area is 195 Å². The maximum atomic E-state index is 4.94. The van der Waals surface area contributed by atoms with Crippen molar-refractivity contribution in [3.8, 4) is 22.9 Å². The summed E-state index contributed by atoms with van der Waals surface area (Å²) >= 11 is 0. The van der Waals surface area contributed by atoms with Gasteiger partial charge in [0, 0.05) is 52.2 Å². The maximum Gasteiger partial charge on any atom is 0.162 e. The van der Waals surface area contributed by atoms with Crippen LogP contribution in [0.3, 0.4) is 0 Å². The molecule has 34 heavy (non-hydrogen) atoms. The largest absolute Gasteiger partial charge is 0.313 e. The fourth-order valence-corrected chi connectivity index (χ4v) is 4.88. The summed E-state index contributed by atoms with van der Waals surface area (Å²) in [6.45, 7) is 0. The van der Waals surface area contributed by atoms with E-state index >= 15 is 0 Å². The standard InChI is InChI=1S/C29H19N5/c1-2-9-20(10-3-1)33-19-24(28-30-16-8-17-31-28)23-15-18-32-29(27(23)33)34-25-13-6-4-11-21(25)22-12-5-7-14-26(22)34/h1-19H. The van der Waals surface area contributed by atoms with Crippen LogP contribution in [0.2, 0.25) is 0 Å². The summed E-state index contributed by atoms with van der Waals surface area (Å²) in [5, 5.41) is 3.48. The first-order chi connectivity index (χ1) is 16.9. The molecule has 4 aromatic heterocycles. The molecule has 0 atom stereocenters. The van der Waals surface area contributed by atoms with Crippen LogP contribution in [0.4, 0.5) is 0 Å². The fraction of sp³-hybridized carbons (Fsp3) is 0. The molecule has 7 aromatic rings. The van der Waals surface area contributed by atoms with E-state index in [0.717, 1.165) is 39.0 Å². The maximum absolute atomic E-state index is 4.94. The Morgan fingerprint density at radius 3 is 1.88 bits per heavy atom. The molecule has 3 aromatic carbocycles. The van der Waals surface area contributed by atoms with Gasteiger partial charge in [0.25, 0.3) is 0 Å². The molecular formula is C29H19N5. The van der Waals surface area contributed by atoms with E-state index in [2.05, 4.69) is 104 Å². The second-order valence-corrected chi connectivity index (χ2v) is 8.22. The number of hydrogen-bond acceptors (Lipinski definition) is 3. The summed E-state index contributed by atoms with van der Waals surface area (Å²) in [6, 6.07) is 31.2. The molecule has 5 heteroatoms. The van der Waals surface area contributed by atoms with Crippen LogP contribution >= 0.6 is 0 Å². The lowest BCUT2D eigenvalue weighted by Gasteiger charge is -2.12. The molecule has 0 aliphatic heterocycles. The number of nitrogens with zero attached hydrogens (tertiary/aromatic N) is 5. The van der Waals surface area contributed by atoms with Crippen LogP contribution in [0.5, 0.6) is 0 Å². The van der Waals surface area contributed by atoms with Gasteiger partial charge in [-0.25, -0.2) is 15.0 Å². The Bertz CT molecular complexity index is 1740. The molecule has 0 amide bonds. The van der Waals surface area contributed by atoms with Crippen LogP contribution in [-0.2, 0) is 0 Å². The van der Waals surface area contributed by atoms with Crippen LogP contribution in [0, 0.1) is 0 Å². The first-order valence-corrected chi connectivity index (χ1v) is 11.2. The van der Waals surface area contributed by atoms with Gasteiger partial charge in [-0.2, -0.15) is 0 Å². The van der Waals surface area contributed by atoms with Crippen LogP contribution in [0.25, 0.3) is 55.6 Å². The lowest BCUT2D eigenvalue weighted by Crippen LogP contribution is -2.02. The van der Waals surface area contributed by atoms with Crippen molar-refractivity contribution >= 4 is 32.7 Å². The van der Waals surface area contributed by atoms with E-state index < -0.39 is 0 Å². The Morgan fingerprint density at radius 2 is 1.18 bits per heavy atom.